The molecule has 0 aliphatic rings. The van der Waals surface area contributed by atoms with Gasteiger partial charge in [0.05, 0.1) is 23.6 Å². The van der Waals surface area contributed by atoms with E-state index in [4.69, 9.17) is 22.1 Å². The molecule has 15 heavy (non-hydrogen) atoms. The minimum absolute atomic E-state index is 0.135. The highest BCUT2D eigenvalue weighted by molar-refractivity contribution is 6.29. The number of ether oxygens (including phenoxy) is 1. The molecule has 1 aromatic rings. The number of nitrogen functional groups attached to an aromatic ring is 1. The second kappa shape index (κ2) is 4.98. The molecule has 1 atom stereocenters. The minimum Gasteiger partial charge on any atom is -0.459 e. The average molecular weight is 229 g/mol. The first-order valence-corrected chi connectivity index (χ1v) is 5.04. The number of carbonyl (C=O) groups excluding carboxylic acids is 1. The van der Waals surface area contributed by atoms with Crippen molar-refractivity contribution in [1.29, 1.82) is 0 Å². The predicted molar refractivity (Wildman–Crippen MR) is 58.8 cm³/mol. The summed E-state index contributed by atoms with van der Waals surface area (Å²) in [4.78, 5) is 15.4. The highest BCUT2D eigenvalue weighted by atomic mass is 35.5. The summed E-state index contributed by atoms with van der Waals surface area (Å²) in [5, 5.41) is 0.223. The zero-order valence-electron chi connectivity index (χ0n) is 8.66. The van der Waals surface area contributed by atoms with E-state index in [1.165, 1.54) is 12.3 Å². The highest BCUT2D eigenvalue weighted by Gasteiger charge is 2.14. The van der Waals surface area contributed by atoms with E-state index in [0.717, 1.165) is 6.42 Å². The van der Waals surface area contributed by atoms with Crippen LogP contribution in [-0.2, 0) is 4.74 Å². The number of nitrogens with two attached hydrogens (primary N) is 1. The van der Waals surface area contributed by atoms with Crippen LogP contribution in [0.4, 0.5) is 5.69 Å². The van der Waals surface area contributed by atoms with Gasteiger partial charge in [0.2, 0.25) is 0 Å². The molecule has 0 saturated carbocycles. The highest BCUT2D eigenvalue weighted by Crippen LogP contribution is 2.16. The minimum atomic E-state index is -0.467. The van der Waals surface area contributed by atoms with E-state index >= 15 is 0 Å². The maximum Gasteiger partial charge on any atom is 0.340 e. The lowest BCUT2D eigenvalue weighted by atomic mass is 10.2. The maximum absolute atomic E-state index is 11.6. The summed E-state index contributed by atoms with van der Waals surface area (Å²) in [7, 11) is 0. The standard InChI is InChI=1S/C10H13ClN2O2/c1-3-6(2)15-10(14)7-4-9(11)13-5-8(7)12/h4-6H,3,12H2,1-2H3. The van der Waals surface area contributed by atoms with Crippen LogP contribution in [0.1, 0.15) is 30.6 Å². The fraction of sp³-hybridized carbons (Fsp3) is 0.400. The molecule has 0 aliphatic carbocycles. The zero-order chi connectivity index (χ0) is 11.4. The summed E-state index contributed by atoms with van der Waals surface area (Å²) in [5.74, 6) is -0.467. The Morgan fingerprint density at radius 2 is 2.40 bits per heavy atom. The number of anilines is 1. The van der Waals surface area contributed by atoms with Crippen molar-refractivity contribution in [3.8, 4) is 0 Å². The van der Waals surface area contributed by atoms with E-state index in [1.807, 2.05) is 13.8 Å². The Hall–Kier alpha value is -1.29. The van der Waals surface area contributed by atoms with E-state index in [2.05, 4.69) is 4.98 Å². The van der Waals surface area contributed by atoms with Gasteiger partial charge in [0.15, 0.2) is 0 Å². The van der Waals surface area contributed by atoms with Crippen LogP contribution in [0.25, 0.3) is 0 Å². The number of aromatic nitrogens is 1. The number of hydrogen-bond acceptors (Lipinski definition) is 4. The summed E-state index contributed by atoms with van der Waals surface area (Å²) in [6, 6.07) is 1.40. The number of halogens is 1. The van der Waals surface area contributed by atoms with Gasteiger partial charge in [-0.15, -0.1) is 0 Å². The summed E-state index contributed by atoms with van der Waals surface area (Å²) in [6.45, 7) is 3.75. The van der Waals surface area contributed by atoms with Gasteiger partial charge in [-0.2, -0.15) is 0 Å². The van der Waals surface area contributed by atoms with Crippen LogP contribution in [0.3, 0.4) is 0 Å². The molecule has 5 heteroatoms. The lowest BCUT2D eigenvalue weighted by Gasteiger charge is -2.11. The SMILES string of the molecule is CCC(C)OC(=O)c1cc(Cl)ncc1N. The molecule has 0 bridgehead atoms. The van der Waals surface area contributed by atoms with E-state index < -0.39 is 5.97 Å². The molecule has 1 unspecified atom stereocenters. The predicted octanol–water partition coefficient (Wildman–Crippen LogP) is 2.27. The number of esters is 1. The monoisotopic (exact) mass is 228 g/mol. The molecule has 4 nitrogen and oxygen atoms in total. The topological polar surface area (TPSA) is 65.2 Å². The third kappa shape index (κ3) is 3.09. The molecule has 1 aromatic heterocycles. The molecule has 1 rings (SSSR count). The number of carbonyl (C=O) groups is 1. The summed E-state index contributed by atoms with van der Waals surface area (Å²) >= 11 is 5.66. The number of nitrogens with zero attached hydrogens (tertiary/aromatic N) is 1. The van der Waals surface area contributed by atoms with Crippen LogP contribution in [0, 0.1) is 0 Å². The Balaban J connectivity index is 2.86. The fourth-order valence-corrected chi connectivity index (χ4v) is 1.10. The van der Waals surface area contributed by atoms with Crippen LogP contribution in [0.15, 0.2) is 12.3 Å². The van der Waals surface area contributed by atoms with E-state index in [0.29, 0.717) is 0 Å². The van der Waals surface area contributed by atoms with E-state index in [1.54, 1.807) is 0 Å². The smallest absolute Gasteiger partial charge is 0.340 e. The molecule has 0 aromatic carbocycles. The Bertz CT molecular complexity index is 368. The van der Waals surface area contributed by atoms with Crippen molar-refractivity contribution in [2.45, 2.75) is 26.4 Å². The van der Waals surface area contributed by atoms with Gasteiger partial charge >= 0.3 is 5.97 Å². The normalized spacial score (nSPS) is 12.2. The van der Waals surface area contributed by atoms with E-state index in [9.17, 15) is 4.79 Å². The van der Waals surface area contributed by atoms with E-state index in [-0.39, 0.29) is 22.5 Å². The van der Waals surface area contributed by atoms with Crippen LogP contribution < -0.4 is 5.73 Å². The molecule has 0 spiro atoms. The van der Waals surface area contributed by atoms with Crippen molar-refractivity contribution in [2.75, 3.05) is 5.73 Å². The second-order valence-electron chi connectivity index (χ2n) is 3.22. The first kappa shape index (κ1) is 11.8. The Morgan fingerprint density at radius 3 is 3.00 bits per heavy atom. The van der Waals surface area contributed by atoms with Crippen LogP contribution in [-0.4, -0.2) is 17.1 Å². The van der Waals surface area contributed by atoms with Crippen LogP contribution in [0.5, 0.6) is 0 Å². The lowest BCUT2D eigenvalue weighted by molar-refractivity contribution is 0.0335. The largest absolute Gasteiger partial charge is 0.459 e. The summed E-state index contributed by atoms with van der Waals surface area (Å²) < 4.78 is 5.12. The van der Waals surface area contributed by atoms with Crippen molar-refractivity contribution >= 4 is 23.3 Å². The van der Waals surface area contributed by atoms with Crippen molar-refractivity contribution in [1.82, 2.24) is 4.98 Å². The van der Waals surface area contributed by atoms with Gasteiger partial charge in [0.25, 0.3) is 0 Å². The Kier molecular flexibility index (Phi) is 3.91. The zero-order valence-corrected chi connectivity index (χ0v) is 9.41. The molecule has 0 saturated heterocycles. The summed E-state index contributed by atoms with van der Waals surface area (Å²) in [5.41, 5.74) is 6.12. The van der Waals surface area contributed by atoms with Gasteiger partial charge in [0, 0.05) is 0 Å². The third-order valence-electron chi connectivity index (χ3n) is 2.00. The summed E-state index contributed by atoms with van der Waals surface area (Å²) in [6.07, 6.45) is 1.96. The Labute approximate surface area is 93.4 Å². The van der Waals surface area contributed by atoms with Crippen molar-refractivity contribution in [2.24, 2.45) is 0 Å². The maximum atomic E-state index is 11.6. The number of rotatable bonds is 3. The van der Waals surface area contributed by atoms with Gasteiger partial charge < -0.3 is 10.5 Å². The van der Waals surface area contributed by atoms with Gasteiger partial charge in [-0.25, -0.2) is 9.78 Å². The van der Waals surface area contributed by atoms with Crippen molar-refractivity contribution < 1.29 is 9.53 Å². The number of hydrogen-bond donors (Lipinski definition) is 1. The molecule has 2 N–H and O–H groups in total. The molecule has 82 valence electrons. The second-order valence-corrected chi connectivity index (χ2v) is 3.61. The Morgan fingerprint density at radius 1 is 1.73 bits per heavy atom. The quantitative estimate of drug-likeness (QED) is 0.637. The number of pyridine rings is 1. The molecule has 0 radical (unpaired) electrons. The van der Waals surface area contributed by atoms with Gasteiger partial charge in [-0.3, -0.25) is 0 Å². The molecule has 0 amide bonds. The van der Waals surface area contributed by atoms with Gasteiger partial charge in [0.1, 0.15) is 5.15 Å². The average Bonchev–Trinajstić information content (AvgIpc) is 2.21. The van der Waals surface area contributed by atoms with Gasteiger partial charge in [-0.05, 0) is 19.4 Å². The first-order valence-electron chi connectivity index (χ1n) is 4.66. The van der Waals surface area contributed by atoms with Crippen molar-refractivity contribution in [3.05, 3.63) is 23.0 Å². The third-order valence-corrected chi connectivity index (χ3v) is 2.21. The van der Waals surface area contributed by atoms with Crippen LogP contribution in [0.2, 0.25) is 5.15 Å². The molecular weight excluding hydrogens is 216 g/mol. The molecule has 1 heterocycles. The fourth-order valence-electron chi connectivity index (χ4n) is 0.947. The van der Waals surface area contributed by atoms with Gasteiger partial charge in [-0.1, -0.05) is 18.5 Å². The molecular formula is C10H13ClN2O2. The van der Waals surface area contributed by atoms with Crippen LogP contribution >= 0.6 is 11.6 Å². The lowest BCUT2D eigenvalue weighted by Crippen LogP contribution is -2.15. The first-order chi connectivity index (χ1) is 7.04. The molecule has 0 fully saturated rings. The molecule has 0 aliphatic heterocycles. The van der Waals surface area contributed by atoms with Crippen molar-refractivity contribution in [3.63, 3.8) is 0 Å².